The zero-order valence-electron chi connectivity index (χ0n) is 15.5. The largest absolute Gasteiger partial charge is 0.508 e. The van der Waals surface area contributed by atoms with E-state index in [4.69, 9.17) is 0 Å². The van der Waals surface area contributed by atoms with Crippen LogP contribution < -0.4 is 5.32 Å². The fourth-order valence-corrected chi connectivity index (χ4v) is 3.11. The number of nitrogens with zero attached hydrogens (tertiary/aromatic N) is 3. The predicted octanol–water partition coefficient (Wildman–Crippen LogP) is 3.41. The number of rotatable bonds is 5. The highest BCUT2D eigenvalue weighted by Crippen LogP contribution is 2.17. The summed E-state index contributed by atoms with van der Waals surface area (Å²) in [6, 6.07) is 18.7. The van der Waals surface area contributed by atoms with Crippen LogP contribution in [0.1, 0.15) is 21.6 Å². The minimum atomic E-state index is -0.164. The van der Waals surface area contributed by atoms with Crippen LogP contribution in [0.2, 0.25) is 0 Å². The van der Waals surface area contributed by atoms with Crippen LogP contribution in [0.3, 0.4) is 0 Å². The number of pyridine rings is 1. The molecule has 1 amide bonds. The summed E-state index contributed by atoms with van der Waals surface area (Å²) in [5.74, 6) is 0.751. The lowest BCUT2D eigenvalue weighted by molar-refractivity contribution is 0.0953. The fourth-order valence-electron chi connectivity index (χ4n) is 3.11. The molecule has 2 aromatic carbocycles. The van der Waals surface area contributed by atoms with Crippen LogP contribution >= 0.6 is 0 Å². The molecule has 0 radical (unpaired) electrons. The number of amides is 1. The standard InChI is InChI=1S/C22H20N4O2/c1-15-19(22(28)23-13-12-16-6-9-18(27)10-7-16)14-24-26(15)21-11-8-17-4-2-3-5-20(17)25-21/h2-11,14,27H,12-13H2,1H3,(H,23,28). The van der Waals surface area contributed by atoms with E-state index in [1.165, 1.54) is 0 Å². The Morgan fingerprint density at radius 1 is 1.07 bits per heavy atom. The van der Waals surface area contributed by atoms with Gasteiger partial charge in [-0.2, -0.15) is 5.10 Å². The second-order valence-corrected chi connectivity index (χ2v) is 6.59. The summed E-state index contributed by atoms with van der Waals surface area (Å²) in [7, 11) is 0. The van der Waals surface area contributed by atoms with Crippen LogP contribution in [0.5, 0.6) is 5.75 Å². The summed E-state index contributed by atoms with van der Waals surface area (Å²) < 4.78 is 1.68. The topological polar surface area (TPSA) is 80.0 Å². The van der Waals surface area contributed by atoms with Crippen molar-refractivity contribution in [1.29, 1.82) is 0 Å². The van der Waals surface area contributed by atoms with Gasteiger partial charge in [0, 0.05) is 11.9 Å². The highest BCUT2D eigenvalue weighted by atomic mass is 16.3. The molecule has 0 atom stereocenters. The summed E-state index contributed by atoms with van der Waals surface area (Å²) in [4.78, 5) is 17.2. The molecule has 28 heavy (non-hydrogen) atoms. The molecule has 0 spiro atoms. The molecule has 6 nitrogen and oxygen atoms in total. The lowest BCUT2D eigenvalue weighted by Crippen LogP contribution is -2.26. The van der Waals surface area contributed by atoms with E-state index in [1.807, 2.05) is 55.5 Å². The molecular formula is C22H20N4O2. The van der Waals surface area contributed by atoms with Crippen molar-refractivity contribution in [2.45, 2.75) is 13.3 Å². The number of phenols is 1. The highest BCUT2D eigenvalue weighted by molar-refractivity contribution is 5.95. The molecule has 0 unspecified atom stereocenters. The van der Waals surface area contributed by atoms with Gasteiger partial charge in [-0.05, 0) is 49.2 Å². The van der Waals surface area contributed by atoms with Gasteiger partial charge in [0.05, 0.1) is 23.0 Å². The molecule has 0 aliphatic rings. The average molecular weight is 372 g/mol. The quantitative estimate of drug-likeness (QED) is 0.563. The minimum absolute atomic E-state index is 0.164. The van der Waals surface area contributed by atoms with Crippen molar-refractivity contribution in [2.24, 2.45) is 0 Å². The fraction of sp³-hybridized carbons (Fsp3) is 0.136. The monoisotopic (exact) mass is 372 g/mol. The molecule has 0 fully saturated rings. The van der Waals surface area contributed by atoms with Crippen LogP contribution in [0, 0.1) is 6.92 Å². The van der Waals surface area contributed by atoms with Crippen molar-refractivity contribution in [3.05, 3.63) is 83.7 Å². The second-order valence-electron chi connectivity index (χ2n) is 6.59. The first kappa shape index (κ1) is 17.7. The predicted molar refractivity (Wildman–Crippen MR) is 108 cm³/mol. The third-order valence-corrected chi connectivity index (χ3v) is 4.69. The number of nitrogens with one attached hydrogen (secondary N) is 1. The highest BCUT2D eigenvalue weighted by Gasteiger charge is 2.15. The maximum absolute atomic E-state index is 12.5. The zero-order valence-corrected chi connectivity index (χ0v) is 15.5. The average Bonchev–Trinajstić information content (AvgIpc) is 3.10. The molecule has 4 rings (SSSR count). The lowest BCUT2D eigenvalue weighted by atomic mass is 10.1. The van der Waals surface area contributed by atoms with Gasteiger partial charge in [-0.3, -0.25) is 4.79 Å². The lowest BCUT2D eigenvalue weighted by Gasteiger charge is -2.07. The van der Waals surface area contributed by atoms with Gasteiger partial charge in [-0.15, -0.1) is 0 Å². The third-order valence-electron chi connectivity index (χ3n) is 4.69. The van der Waals surface area contributed by atoms with E-state index in [0.29, 0.717) is 24.3 Å². The molecule has 0 aliphatic carbocycles. The summed E-state index contributed by atoms with van der Waals surface area (Å²) in [5.41, 5.74) is 3.20. The Morgan fingerprint density at radius 3 is 2.68 bits per heavy atom. The first-order chi connectivity index (χ1) is 13.6. The first-order valence-corrected chi connectivity index (χ1v) is 9.09. The van der Waals surface area contributed by atoms with Gasteiger partial charge in [0.1, 0.15) is 5.75 Å². The van der Waals surface area contributed by atoms with Gasteiger partial charge in [0.25, 0.3) is 5.91 Å². The van der Waals surface area contributed by atoms with Crippen molar-refractivity contribution < 1.29 is 9.90 Å². The first-order valence-electron chi connectivity index (χ1n) is 9.09. The molecule has 4 aromatic rings. The molecule has 2 N–H and O–H groups in total. The normalized spacial score (nSPS) is 10.9. The van der Waals surface area contributed by atoms with E-state index in [-0.39, 0.29) is 11.7 Å². The smallest absolute Gasteiger partial charge is 0.254 e. The van der Waals surface area contributed by atoms with E-state index in [0.717, 1.165) is 22.2 Å². The van der Waals surface area contributed by atoms with Crippen molar-refractivity contribution in [3.8, 4) is 11.6 Å². The van der Waals surface area contributed by atoms with Crippen LogP contribution in [-0.2, 0) is 6.42 Å². The minimum Gasteiger partial charge on any atom is -0.508 e. The summed E-state index contributed by atoms with van der Waals surface area (Å²) in [6.45, 7) is 2.36. The number of hydrogen-bond acceptors (Lipinski definition) is 4. The van der Waals surface area contributed by atoms with E-state index in [1.54, 1.807) is 23.0 Å². The maximum atomic E-state index is 12.5. The Bertz CT molecular complexity index is 1130. The summed E-state index contributed by atoms with van der Waals surface area (Å²) >= 11 is 0. The number of aromatic hydroxyl groups is 1. The number of hydrogen-bond donors (Lipinski definition) is 2. The Kier molecular flexibility index (Phi) is 4.76. The second kappa shape index (κ2) is 7.52. The Hall–Kier alpha value is -3.67. The SMILES string of the molecule is Cc1c(C(=O)NCCc2ccc(O)cc2)cnn1-c1ccc2ccccc2n1. The molecule has 6 heteroatoms. The molecule has 0 aliphatic heterocycles. The molecule has 2 heterocycles. The van der Waals surface area contributed by atoms with E-state index in [9.17, 15) is 9.90 Å². The molecular weight excluding hydrogens is 352 g/mol. The van der Waals surface area contributed by atoms with Crippen LogP contribution in [0.25, 0.3) is 16.7 Å². The van der Waals surface area contributed by atoms with Crippen molar-refractivity contribution >= 4 is 16.8 Å². The van der Waals surface area contributed by atoms with E-state index in [2.05, 4.69) is 15.4 Å². The van der Waals surface area contributed by atoms with Crippen LogP contribution in [0.4, 0.5) is 0 Å². The van der Waals surface area contributed by atoms with E-state index >= 15 is 0 Å². The molecule has 0 bridgehead atoms. The number of para-hydroxylation sites is 1. The Balaban J connectivity index is 1.47. The Morgan fingerprint density at radius 2 is 1.86 bits per heavy atom. The number of phenolic OH excluding ortho intramolecular Hbond substituents is 1. The molecule has 0 saturated carbocycles. The number of fused-ring (bicyclic) bond motifs is 1. The van der Waals surface area contributed by atoms with Crippen molar-refractivity contribution in [1.82, 2.24) is 20.1 Å². The number of carbonyl (C=O) groups excluding carboxylic acids is 1. The number of benzene rings is 2. The Labute approximate surface area is 162 Å². The summed E-state index contributed by atoms with van der Waals surface area (Å²) in [6.07, 6.45) is 2.26. The van der Waals surface area contributed by atoms with Crippen molar-refractivity contribution in [2.75, 3.05) is 6.54 Å². The van der Waals surface area contributed by atoms with Crippen LogP contribution in [0.15, 0.2) is 66.9 Å². The molecule has 2 aromatic heterocycles. The van der Waals surface area contributed by atoms with Crippen LogP contribution in [-0.4, -0.2) is 32.3 Å². The van der Waals surface area contributed by atoms with Gasteiger partial charge >= 0.3 is 0 Å². The van der Waals surface area contributed by atoms with E-state index < -0.39 is 0 Å². The van der Waals surface area contributed by atoms with Crippen molar-refractivity contribution in [3.63, 3.8) is 0 Å². The van der Waals surface area contributed by atoms with Gasteiger partial charge in [-0.1, -0.05) is 30.3 Å². The summed E-state index contributed by atoms with van der Waals surface area (Å²) in [5, 5.41) is 17.7. The molecule has 0 saturated heterocycles. The zero-order chi connectivity index (χ0) is 19.5. The van der Waals surface area contributed by atoms with Gasteiger partial charge in [0.15, 0.2) is 5.82 Å². The third kappa shape index (κ3) is 3.57. The maximum Gasteiger partial charge on any atom is 0.254 e. The van der Waals surface area contributed by atoms with Gasteiger partial charge in [-0.25, -0.2) is 9.67 Å². The molecule has 140 valence electrons. The van der Waals surface area contributed by atoms with Gasteiger partial charge in [0.2, 0.25) is 0 Å². The number of aromatic nitrogens is 3. The van der Waals surface area contributed by atoms with Gasteiger partial charge < -0.3 is 10.4 Å². The number of carbonyl (C=O) groups is 1.